The van der Waals surface area contributed by atoms with Crippen molar-refractivity contribution in [2.75, 3.05) is 19.6 Å². The fraction of sp³-hybridized carbons (Fsp3) is 0.947. The van der Waals surface area contributed by atoms with Gasteiger partial charge in [0, 0.05) is 19.1 Å². The summed E-state index contributed by atoms with van der Waals surface area (Å²) < 4.78 is 0. The van der Waals surface area contributed by atoms with Crippen LogP contribution in [0.25, 0.3) is 0 Å². The van der Waals surface area contributed by atoms with Crippen LogP contribution in [-0.2, 0) is 4.79 Å². The highest BCUT2D eigenvalue weighted by Crippen LogP contribution is 2.27. The van der Waals surface area contributed by atoms with E-state index >= 15 is 0 Å². The molecule has 4 heteroatoms. The minimum atomic E-state index is 0.0366. The summed E-state index contributed by atoms with van der Waals surface area (Å²) in [6.45, 7) is 11.5. The molecule has 3 atom stereocenters. The molecule has 0 saturated carbocycles. The van der Waals surface area contributed by atoms with Gasteiger partial charge in [-0.15, -0.1) is 0 Å². The lowest BCUT2D eigenvalue weighted by Gasteiger charge is -2.35. The van der Waals surface area contributed by atoms with Crippen molar-refractivity contribution in [1.82, 2.24) is 10.2 Å². The molecular weight excluding hydrogens is 286 g/mol. The van der Waals surface area contributed by atoms with Gasteiger partial charge in [-0.05, 0) is 37.6 Å². The van der Waals surface area contributed by atoms with Crippen molar-refractivity contribution in [3.8, 4) is 0 Å². The molecule has 1 aliphatic rings. The highest BCUT2D eigenvalue weighted by atomic mass is 16.2. The highest BCUT2D eigenvalue weighted by molar-refractivity contribution is 5.82. The average molecular weight is 326 g/mol. The number of hydrogen-bond acceptors (Lipinski definition) is 3. The maximum atomic E-state index is 12.9. The number of carbonyl (C=O) groups excluding carboxylic acids is 1. The van der Waals surface area contributed by atoms with E-state index in [2.05, 4.69) is 37.9 Å². The first-order valence-electron chi connectivity index (χ1n) is 9.87. The molecule has 0 aliphatic carbocycles. The van der Waals surface area contributed by atoms with Crippen LogP contribution in [0.3, 0.4) is 0 Å². The number of carbonyl (C=O) groups is 1. The molecule has 0 radical (unpaired) electrons. The summed E-state index contributed by atoms with van der Waals surface area (Å²) in [4.78, 5) is 15.2. The minimum absolute atomic E-state index is 0.0366. The Morgan fingerprint density at radius 3 is 2.35 bits per heavy atom. The molecule has 0 spiro atoms. The first-order chi connectivity index (χ1) is 11.1. The number of rotatable bonds is 11. The molecule has 3 N–H and O–H groups in total. The van der Waals surface area contributed by atoms with Crippen LogP contribution < -0.4 is 11.1 Å². The predicted molar refractivity (Wildman–Crippen MR) is 98.3 cm³/mol. The molecule has 0 aromatic carbocycles. The van der Waals surface area contributed by atoms with E-state index in [9.17, 15) is 4.79 Å². The Morgan fingerprint density at radius 2 is 1.83 bits per heavy atom. The molecule has 1 fully saturated rings. The number of hydrogen-bond donors (Lipinski definition) is 2. The molecule has 0 aromatic heterocycles. The number of likely N-dealkylation sites (tertiary alicyclic amines) is 1. The van der Waals surface area contributed by atoms with Gasteiger partial charge < -0.3 is 11.1 Å². The monoisotopic (exact) mass is 325 g/mol. The molecule has 1 rings (SSSR count). The number of amides is 1. The molecule has 3 unspecified atom stereocenters. The molecule has 1 heterocycles. The Hall–Kier alpha value is -0.610. The lowest BCUT2D eigenvalue weighted by Crippen LogP contribution is -2.52. The van der Waals surface area contributed by atoms with Crippen molar-refractivity contribution in [2.24, 2.45) is 17.6 Å². The van der Waals surface area contributed by atoms with E-state index in [1.807, 2.05) is 0 Å². The number of nitrogens with zero attached hydrogens (tertiary/aromatic N) is 1. The van der Waals surface area contributed by atoms with Crippen LogP contribution in [-0.4, -0.2) is 42.5 Å². The first kappa shape index (κ1) is 20.4. The van der Waals surface area contributed by atoms with Crippen molar-refractivity contribution in [3.05, 3.63) is 0 Å². The number of nitrogens with one attached hydrogen (secondary N) is 1. The average Bonchev–Trinajstić information content (AvgIpc) is 3.01. The standard InChI is InChI=1S/C19H39N3O/c1-5-10-16(8-4)18(15(6-2)7-3)21-19(23)17-11-9-13-22(17)14-12-20/h15-18H,5-14,20H2,1-4H3,(H,21,23). The summed E-state index contributed by atoms with van der Waals surface area (Å²) in [5.74, 6) is 1.42. The Kier molecular flexibility index (Phi) is 9.80. The molecule has 0 aromatic rings. The maximum Gasteiger partial charge on any atom is 0.237 e. The fourth-order valence-corrected chi connectivity index (χ4v) is 4.24. The van der Waals surface area contributed by atoms with Crippen LogP contribution in [0.5, 0.6) is 0 Å². The second-order valence-corrected chi connectivity index (χ2v) is 7.05. The summed E-state index contributed by atoms with van der Waals surface area (Å²) in [6.07, 6.45) is 7.90. The topological polar surface area (TPSA) is 58.4 Å². The third-order valence-electron chi connectivity index (χ3n) is 5.64. The Labute approximate surface area is 143 Å². The summed E-state index contributed by atoms with van der Waals surface area (Å²) in [5, 5.41) is 3.46. The van der Waals surface area contributed by atoms with Gasteiger partial charge in [-0.25, -0.2) is 0 Å². The second-order valence-electron chi connectivity index (χ2n) is 7.05. The van der Waals surface area contributed by atoms with Crippen LogP contribution >= 0.6 is 0 Å². The summed E-state index contributed by atoms with van der Waals surface area (Å²) in [5.41, 5.74) is 5.70. The first-order valence-corrected chi connectivity index (χ1v) is 9.87. The smallest absolute Gasteiger partial charge is 0.237 e. The molecule has 136 valence electrons. The van der Waals surface area contributed by atoms with E-state index < -0.39 is 0 Å². The largest absolute Gasteiger partial charge is 0.351 e. The van der Waals surface area contributed by atoms with Gasteiger partial charge in [0.1, 0.15) is 0 Å². The van der Waals surface area contributed by atoms with Gasteiger partial charge in [-0.3, -0.25) is 9.69 Å². The molecule has 0 bridgehead atoms. The zero-order chi connectivity index (χ0) is 17.2. The summed E-state index contributed by atoms with van der Waals surface area (Å²) >= 11 is 0. The third-order valence-corrected chi connectivity index (χ3v) is 5.64. The zero-order valence-corrected chi connectivity index (χ0v) is 15.8. The van der Waals surface area contributed by atoms with Gasteiger partial charge >= 0.3 is 0 Å². The molecule has 4 nitrogen and oxygen atoms in total. The van der Waals surface area contributed by atoms with Crippen LogP contribution in [0.2, 0.25) is 0 Å². The normalized spacial score (nSPS) is 21.6. The molecule has 1 amide bonds. The lowest BCUT2D eigenvalue weighted by atomic mass is 9.81. The van der Waals surface area contributed by atoms with Crippen LogP contribution in [0, 0.1) is 11.8 Å². The van der Waals surface area contributed by atoms with Crippen LogP contribution in [0.4, 0.5) is 0 Å². The van der Waals surface area contributed by atoms with Crippen LogP contribution in [0.15, 0.2) is 0 Å². The zero-order valence-electron chi connectivity index (χ0n) is 15.8. The molecular formula is C19H39N3O. The lowest BCUT2D eigenvalue weighted by molar-refractivity contribution is -0.127. The van der Waals surface area contributed by atoms with E-state index in [-0.39, 0.29) is 11.9 Å². The highest BCUT2D eigenvalue weighted by Gasteiger charge is 2.34. The molecule has 1 saturated heterocycles. The van der Waals surface area contributed by atoms with E-state index in [0.29, 0.717) is 24.4 Å². The van der Waals surface area contributed by atoms with Gasteiger partial charge in [0.05, 0.1) is 6.04 Å². The maximum absolute atomic E-state index is 12.9. The van der Waals surface area contributed by atoms with Gasteiger partial charge in [0.25, 0.3) is 0 Å². The van der Waals surface area contributed by atoms with Crippen molar-refractivity contribution in [3.63, 3.8) is 0 Å². The predicted octanol–water partition coefficient (Wildman–Crippen LogP) is 3.16. The molecule has 1 aliphatic heterocycles. The fourth-order valence-electron chi connectivity index (χ4n) is 4.24. The van der Waals surface area contributed by atoms with Crippen LogP contribution in [0.1, 0.15) is 72.6 Å². The summed E-state index contributed by atoms with van der Waals surface area (Å²) in [6, 6.07) is 0.359. The third kappa shape index (κ3) is 5.75. The van der Waals surface area contributed by atoms with Gasteiger partial charge in [0.2, 0.25) is 5.91 Å². The molecule has 23 heavy (non-hydrogen) atoms. The van der Waals surface area contributed by atoms with Crippen molar-refractivity contribution in [2.45, 2.75) is 84.7 Å². The van der Waals surface area contributed by atoms with Gasteiger partial charge in [-0.2, -0.15) is 0 Å². The van der Waals surface area contributed by atoms with Gasteiger partial charge in [0.15, 0.2) is 0 Å². The van der Waals surface area contributed by atoms with E-state index in [1.165, 1.54) is 12.8 Å². The van der Waals surface area contributed by atoms with Crippen molar-refractivity contribution in [1.29, 1.82) is 0 Å². The second kappa shape index (κ2) is 11.0. The van der Waals surface area contributed by atoms with Crippen molar-refractivity contribution < 1.29 is 4.79 Å². The Morgan fingerprint density at radius 1 is 1.17 bits per heavy atom. The minimum Gasteiger partial charge on any atom is -0.351 e. The Bertz CT molecular complexity index is 331. The van der Waals surface area contributed by atoms with E-state index in [0.717, 1.165) is 45.2 Å². The van der Waals surface area contributed by atoms with Gasteiger partial charge in [-0.1, -0.05) is 53.4 Å². The summed E-state index contributed by atoms with van der Waals surface area (Å²) in [7, 11) is 0. The number of nitrogens with two attached hydrogens (primary N) is 1. The SMILES string of the molecule is CCCC(CC)C(NC(=O)C1CCCN1CCN)C(CC)CC. The van der Waals surface area contributed by atoms with Crippen molar-refractivity contribution >= 4 is 5.91 Å². The van der Waals surface area contributed by atoms with E-state index in [1.54, 1.807) is 0 Å². The quantitative estimate of drug-likeness (QED) is 0.613. The van der Waals surface area contributed by atoms with E-state index in [4.69, 9.17) is 5.73 Å². The Balaban J connectivity index is 2.80.